The molecular formula is C24H30FN3O6. The zero-order valence-corrected chi connectivity index (χ0v) is 20.0. The number of nitrogens with zero attached hydrogens (tertiary/aromatic N) is 2. The van der Waals surface area contributed by atoms with Crippen LogP contribution in [0.4, 0.5) is 10.1 Å². The van der Waals surface area contributed by atoms with E-state index in [0.29, 0.717) is 12.0 Å². The van der Waals surface area contributed by atoms with Crippen LogP contribution in [0.2, 0.25) is 0 Å². The summed E-state index contributed by atoms with van der Waals surface area (Å²) in [5, 5.41) is 14.0. The highest BCUT2D eigenvalue weighted by atomic mass is 19.1. The summed E-state index contributed by atoms with van der Waals surface area (Å²) in [5.74, 6) is -1.01. The Balaban J connectivity index is 2.26. The molecular weight excluding hydrogens is 445 g/mol. The number of hydrogen-bond acceptors (Lipinski definition) is 6. The summed E-state index contributed by atoms with van der Waals surface area (Å²) in [6.07, 6.45) is 0.347. The number of nitro benzene ring substituents is 1. The third kappa shape index (κ3) is 7.43. The molecule has 10 heteroatoms. The fourth-order valence-electron chi connectivity index (χ4n) is 3.29. The maximum atomic E-state index is 13.4. The van der Waals surface area contributed by atoms with Gasteiger partial charge in [-0.3, -0.25) is 19.7 Å². The van der Waals surface area contributed by atoms with Crippen molar-refractivity contribution in [3.63, 3.8) is 0 Å². The van der Waals surface area contributed by atoms with Crippen molar-refractivity contribution in [1.29, 1.82) is 0 Å². The maximum absolute atomic E-state index is 13.4. The smallest absolute Gasteiger partial charge is 0.311 e. The quantitative estimate of drug-likeness (QED) is 0.413. The first-order chi connectivity index (χ1) is 15.9. The number of nitro groups is 1. The number of carbonyl (C=O) groups excluding carboxylic acids is 2. The number of nitrogens with one attached hydrogen (secondary N) is 1. The number of ether oxygens (including phenoxy) is 2. The number of rotatable bonds is 10. The van der Waals surface area contributed by atoms with Crippen molar-refractivity contribution >= 4 is 17.5 Å². The van der Waals surface area contributed by atoms with E-state index in [1.165, 1.54) is 42.3 Å². The largest absolute Gasteiger partial charge is 0.490 e. The van der Waals surface area contributed by atoms with Crippen LogP contribution in [0.25, 0.3) is 0 Å². The molecule has 0 aromatic heterocycles. The molecule has 9 nitrogen and oxygen atoms in total. The van der Waals surface area contributed by atoms with Gasteiger partial charge < -0.3 is 19.7 Å². The van der Waals surface area contributed by atoms with Crippen molar-refractivity contribution in [2.24, 2.45) is 0 Å². The standard InChI is InChI=1S/C24H30FN3O6/c1-6-19(23(30)26-24(2,3)4)27(14-16-7-9-17(25)10-8-16)22(29)15-34-18-11-12-20(28(31)32)21(13-18)33-5/h7-13,19H,6,14-15H2,1-5H3,(H,26,30)/t19-/m0/s1. The number of methoxy groups -OCH3 is 1. The molecule has 2 aromatic rings. The van der Waals surface area contributed by atoms with Gasteiger partial charge in [-0.2, -0.15) is 0 Å². The van der Waals surface area contributed by atoms with Crippen molar-refractivity contribution in [2.45, 2.75) is 52.2 Å². The predicted octanol–water partition coefficient (Wildman–Crippen LogP) is 3.84. The summed E-state index contributed by atoms with van der Waals surface area (Å²) < 4.78 is 23.9. The Labute approximate surface area is 198 Å². The number of amides is 2. The Hall–Kier alpha value is -3.69. The zero-order chi connectivity index (χ0) is 25.5. The molecule has 34 heavy (non-hydrogen) atoms. The van der Waals surface area contributed by atoms with Crippen molar-refractivity contribution in [1.82, 2.24) is 10.2 Å². The zero-order valence-electron chi connectivity index (χ0n) is 20.0. The summed E-state index contributed by atoms with van der Waals surface area (Å²) in [7, 11) is 1.29. The first-order valence-electron chi connectivity index (χ1n) is 10.8. The molecule has 0 fully saturated rings. The van der Waals surface area contributed by atoms with E-state index < -0.39 is 34.8 Å². The summed E-state index contributed by atoms with van der Waals surface area (Å²) >= 11 is 0. The minimum absolute atomic E-state index is 0.00546. The highest BCUT2D eigenvalue weighted by Crippen LogP contribution is 2.30. The molecule has 2 rings (SSSR count). The van der Waals surface area contributed by atoms with E-state index in [-0.39, 0.29) is 29.6 Å². The number of carbonyl (C=O) groups is 2. The van der Waals surface area contributed by atoms with Gasteiger partial charge >= 0.3 is 5.69 Å². The Bertz CT molecular complexity index is 1020. The normalized spacial score (nSPS) is 11.9. The lowest BCUT2D eigenvalue weighted by Crippen LogP contribution is -2.54. The molecule has 2 amide bonds. The Morgan fingerprint density at radius 1 is 1.18 bits per heavy atom. The second kappa shape index (κ2) is 11.4. The third-order valence-corrected chi connectivity index (χ3v) is 4.86. The van der Waals surface area contributed by atoms with E-state index in [2.05, 4.69) is 5.32 Å². The molecule has 0 aliphatic heterocycles. The van der Waals surface area contributed by atoms with Gasteiger partial charge in [0, 0.05) is 24.2 Å². The third-order valence-electron chi connectivity index (χ3n) is 4.86. The average molecular weight is 476 g/mol. The summed E-state index contributed by atoms with van der Waals surface area (Å²) in [6.45, 7) is 6.97. The van der Waals surface area contributed by atoms with Gasteiger partial charge in [-0.05, 0) is 51.0 Å². The van der Waals surface area contributed by atoms with Crippen molar-refractivity contribution in [3.8, 4) is 11.5 Å². The van der Waals surface area contributed by atoms with E-state index in [1.807, 2.05) is 20.8 Å². The second-order valence-corrected chi connectivity index (χ2v) is 8.69. The topological polar surface area (TPSA) is 111 Å². The van der Waals surface area contributed by atoms with Gasteiger partial charge in [0.15, 0.2) is 6.61 Å². The highest BCUT2D eigenvalue weighted by Gasteiger charge is 2.31. The second-order valence-electron chi connectivity index (χ2n) is 8.69. The SMILES string of the molecule is CC[C@@H](C(=O)NC(C)(C)C)N(Cc1ccc(F)cc1)C(=O)COc1ccc([N+](=O)[O-])c(OC)c1. The average Bonchev–Trinajstić information content (AvgIpc) is 2.77. The van der Waals surface area contributed by atoms with E-state index in [4.69, 9.17) is 9.47 Å². The van der Waals surface area contributed by atoms with Crippen molar-refractivity contribution in [2.75, 3.05) is 13.7 Å². The molecule has 184 valence electrons. The van der Waals surface area contributed by atoms with Crippen LogP contribution in [-0.4, -0.2) is 46.9 Å². The van der Waals surface area contributed by atoms with Crippen LogP contribution in [0, 0.1) is 15.9 Å². The summed E-state index contributed by atoms with van der Waals surface area (Å²) in [5.41, 5.74) is -0.0845. The molecule has 0 unspecified atom stereocenters. The Kier molecular flexibility index (Phi) is 8.94. The molecule has 0 aliphatic rings. The van der Waals surface area contributed by atoms with Crippen LogP contribution in [0.1, 0.15) is 39.7 Å². The lowest BCUT2D eigenvalue weighted by atomic mass is 10.1. The summed E-state index contributed by atoms with van der Waals surface area (Å²) in [6, 6.07) is 8.79. The van der Waals surface area contributed by atoms with Crippen LogP contribution >= 0.6 is 0 Å². The highest BCUT2D eigenvalue weighted by molar-refractivity contribution is 5.88. The van der Waals surface area contributed by atoms with Gasteiger partial charge in [0.2, 0.25) is 11.7 Å². The first kappa shape index (κ1) is 26.6. The fraction of sp³-hybridized carbons (Fsp3) is 0.417. The molecule has 0 spiro atoms. The number of hydrogen-bond donors (Lipinski definition) is 1. The van der Waals surface area contributed by atoms with Crippen molar-refractivity contribution < 1.29 is 28.4 Å². The van der Waals surface area contributed by atoms with Crippen LogP contribution in [0.15, 0.2) is 42.5 Å². The Morgan fingerprint density at radius 2 is 1.82 bits per heavy atom. The van der Waals surface area contributed by atoms with Crippen LogP contribution in [0.5, 0.6) is 11.5 Å². The van der Waals surface area contributed by atoms with Crippen LogP contribution in [0.3, 0.4) is 0 Å². The van der Waals surface area contributed by atoms with Gasteiger partial charge in [0.05, 0.1) is 12.0 Å². The van der Waals surface area contributed by atoms with Gasteiger partial charge in [-0.25, -0.2) is 4.39 Å². The lowest BCUT2D eigenvalue weighted by Gasteiger charge is -2.33. The fourth-order valence-corrected chi connectivity index (χ4v) is 3.29. The molecule has 0 aliphatic carbocycles. The van der Waals surface area contributed by atoms with Gasteiger partial charge in [-0.1, -0.05) is 19.1 Å². The predicted molar refractivity (Wildman–Crippen MR) is 124 cm³/mol. The molecule has 0 saturated heterocycles. The molecule has 0 heterocycles. The van der Waals surface area contributed by atoms with E-state index in [1.54, 1.807) is 19.1 Å². The maximum Gasteiger partial charge on any atom is 0.311 e. The van der Waals surface area contributed by atoms with Crippen LogP contribution < -0.4 is 14.8 Å². The van der Waals surface area contributed by atoms with Gasteiger partial charge in [0.25, 0.3) is 5.91 Å². The molecule has 2 aromatic carbocycles. The minimum atomic E-state index is -0.785. The van der Waals surface area contributed by atoms with Crippen molar-refractivity contribution in [3.05, 3.63) is 64.0 Å². The number of benzene rings is 2. The molecule has 0 saturated carbocycles. The van der Waals surface area contributed by atoms with Crippen LogP contribution in [-0.2, 0) is 16.1 Å². The minimum Gasteiger partial charge on any atom is -0.490 e. The van der Waals surface area contributed by atoms with E-state index in [0.717, 1.165) is 0 Å². The number of halogens is 1. The molecule has 1 N–H and O–H groups in total. The van der Waals surface area contributed by atoms with Gasteiger partial charge in [-0.15, -0.1) is 0 Å². The first-order valence-corrected chi connectivity index (χ1v) is 10.8. The van der Waals surface area contributed by atoms with E-state index >= 15 is 0 Å². The lowest BCUT2D eigenvalue weighted by molar-refractivity contribution is -0.385. The van der Waals surface area contributed by atoms with E-state index in [9.17, 15) is 24.1 Å². The molecule has 0 bridgehead atoms. The molecule has 0 radical (unpaired) electrons. The molecule has 1 atom stereocenters. The monoisotopic (exact) mass is 475 g/mol. The Morgan fingerprint density at radius 3 is 2.35 bits per heavy atom. The summed E-state index contributed by atoms with van der Waals surface area (Å²) in [4.78, 5) is 38.0. The van der Waals surface area contributed by atoms with Gasteiger partial charge in [0.1, 0.15) is 17.6 Å².